The van der Waals surface area contributed by atoms with Gasteiger partial charge in [0, 0.05) is 19.0 Å². The molecule has 4 rings (SSSR count). The first-order chi connectivity index (χ1) is 12.5. The number of nitrogens with zero attached hydrogens (tertiary/aromatic N) is 2. The molecule has 6 heteroatoms. The van der Waals surface area contributed by atoms with E-state index < -0.39 is 12.0 Å². The number of hydrogen-bond donors (Lipinski definition) is 1. The van der Waals surface area contributed by atoms with E-state index in [1.807, 2.05) is 6.07 Å². The summed E-state index contributed by atoms with van der Waals surface area (Å²) in [6.07, 6.45) is 4.14. The van der Waals surface area contributed by atoms with Crippen molar-refractivity contribution < 1.29 is 19.1 Å². The molecule has 3 fully saturated rings. The molecule has 26 heavy (non-hydrogen) atoms. The molecule has 2 heterocycles. The molecule has 5 nitrogen and oxygen atoms in total. The minimum Gasteiger partial charge on any atom is -0.480 e. The number of carbonyl (C=O) groups is 2. The minimum atomic E-state index is -0.877. The molecule has 1 amide bonds. The van der Waals surface area contributed by atoms with Gasteiger partial charge in [-0.05, 0) is 68.3 Å². The summed E-state index contributed by atoms with van der Waals surface area (Å²) in [5, 5.41) is 9.58. The number of carbonyl (C=O) groups excluding carboxylic acids is 1. The van der Waals surface area contributed by atoms with Gasteiger partial charge in [0.05, 0.1) is 0 Å². The lowest BCUT2D eigenvalue weighted by Crippen LogP contribution is -2.43. The third kappa shape index (κ3) is 3.47. The molecule has 1 aliphatic carbocycles. The molecule has 0 radical (unpaired) electrons. The monoisotopic (exact) mass is 360 g/mol. The molecule has 0 bridgehead atoms. The molecular weight excluding hydrogens is 335 g/mol. The lowest BCUT2D eigenvalue weighted by atomic mass is 9.76. The zero-order chi connectivity index (χ0) is 18.3. The summed E-state index contributed by atoms with van der Waals surface area (Å²) in [6, 6.07) is 6.00. The highest BCUT2D eigenvalue weighted by Gasteiger charge is 2.51. The third-order valence-corrected chi connectivity index (χ3v) is 6.21. The predicted molar refractivity (Wildman–Crippen MR) is 93.8 cm³/mol. The summed E-state index contributed by atoms with van der Waals surface area (Å²) in [4.78, 5) is 28.1. The van der Waals surface area contributed by atoms with Crippen molar-refractivity contribution in [1.82, 2.24) is 9.80 Å². The maximum Gasteiger partial charge on any atom is 0.326 e. The van der Waals surface area contributed by atoms with Gasteiger partial charge in [0.15, 0.2) is 0 Å². The highest BCUT2D eigenvalue weighted by Crippen LogP contribution is 2.45. The van der Waals surface area contributed by atoms with Gasteiger partial charge in [-0.25, -0.2) is 9.18 Å². The van der Waals surface area contributed by atoms with Crippen molar-refractivity contribution in [3.63, 3.8) is 0 Å². The van der Waals surface area contributed by atoms with E-state index in [0.29, 0.717) is 19.5 Å². The predicted octanol–water partition coefficient (Wildman–Crippen LogP) is 2.50. The van der Waals surface area contributed by atoms with Gasteiger partial charge in [-0.15, -0.1) is 0 Å². The van der Waals surface area contributed by atoms with E-state index in [-0.39, 0.29) is 23.1 Å². The van der Waals surface area contributed by atoms with Crippen LogP contribution in [0.3, 0.4) is 0 Å². The first kappa shape index (κ1) is 17.5. The Balaban J connectivity index is 1.39. The van der Waals surface area contributed by atoms with E-state index in [2.05, 4.69) is 4.90 Å². The number of halogens is 1. The number of hydrogen-bond acceptors (Lipinski definition) is 3. The molecule has 0 unspecified atom stereocenters. The van der Waals surface area contributed by atoms with Crippen molar-refractivity contribution >= 4 is 11.9 Å². The minimum absolute atomic E-state index is 0.0384. The van der Waals surface area contributed by atoms with Gasteiger partial charge in [-0.1, -0.05) is 12.1 Å². The number of benzene rings is 1. The molecule has 140 valence electrons. The van der Waals surface area contributed by atoms with E-state index >= 15 is 0 Å². The Morgan fingerprint density at radius 3 is 2.58 bits per heavy atom. The second kappa shape index (κ2) is 6.65. The molecule has 2 saturated heterocycles. The SMILES string of the molecule is O=C(O)[C@@H]1CC2(CCN(Cc3cccc(F)c3)CC2)CN1C(=O)C1CC1. The Labute approximate surface area is 152 Å². The number of rotatable bonds is 4. The summed E-state index contributed by atoms with van der Waals surface area (Å²) in [7, 11) is 0. The van der Waals surface area contributed by atoms with Crippen LogP contribution in [0, 0.1) is 17.2 Å². The van der Waals surface area contributed by atoms with Gasteiger partial charge >= 0.3 is 5.97 Å². The molecule has 1 aromatic carbocycles. The van der Waals surface area contributed by atoms with Crippen LogP contribution in [0.15, 0.2) is 24.3 Å². The van der Waals surface area contributed by atoms with Crippen LogP contribution in [0.4, 0.5) is 4.39 Å². The summed E-state index contributed by atoms with van der Waals surface area (Å²) >= 11 is 0. The molecule has 3 aliphatic rings. The smallest absolute Gasteiger partial charge is 0.326 e. The first-order valence-corrected chi connectivity index (χ1v) is 9.46. The molecule has 2 aliphatic heterocycles. The van der Waals surface area contributed by atoms with Gasteiger partial charge in [-0.2, -0.15) is 0 Å². The number of piperidine rings is 1. The van der Waals surface area contributed by atoms with Crippen LogP contribution in [0.25, 0.3) is 0 Å². The highest BCUT2D eigenvalue weighted by molar-refractivity contribution is 5.87. The molecule has 1 spiro atoms. The maximum absolute atomic E-state index is 13.4. The van der Waals surface area contributed by atoms with Crippen LogP contribution in [-0.4, -0.2) is 52.5 Å². The van der Waals surface area contributed by atoms with E-state index in [9.17, 15) is 19.1 Å². The Morgan fingerprint density at radius 2 is 1.96 bits per heavy atom. The van der Waals surface area contributed by atoms with Gasteiger partial charge in [-0.3, -0.25) is 9.69 Å². The van der Waals surface area contributed by atoms with E-state index in [4.69, 9.17) is 0 Å². The van der Waals surface area contributed by atoms with Gasteiger partial charge in [0.2, 0.25) is 5.91 Å². The normalized spacial score (nSPS) is 25.6. The van der Waals surface area contributed by atoms with Crippen LogP contribution in [0.5, 0.6) is 0 Å². The lowest BCUT2D eigenvalue weighted by molar-refractivity contribution is -0.148. The van der Waals surface area contributed by atoms with Gasteiger partial charge in [0.1, 0.15) is 11.9 Å². The average Bonchev–Trinajstić information content (AvgIpc) is 3.39. The third-order valence-electron chi connectivity index (χ3n) is 6.21. The van der Waals surface area contributed by atoms with E-state index in [1.54, 1.807) is 17.0 Å². The standard InChI is InChI=1S/C20H25FN2O3/c21-16-3-1-2-14(10-16)12-22-8-6-20(7-9-22)11-17(19(25)26)23(13-20)18(24)15-4-5-15/h1-3,10,15,17H,4-9,11-13H2,(H,25,26)/t17-/m0/s1. The zero-order valence-electron chi connectivity index (χ0n) is 14.9. The number of carboxylic acid groups (broad SMARTS) is 1. The number of aliphatic carboxylic acids is 1. The maximum atomic E-state index is 13.4. The Bertz CT molecular complexity index is 711. The summed E-state index contributed by atoms with van der Waals surface area (Å²) < 4.78 is 13.4. The van der Waals surface area contributed by atoms with E-state index in [0.717, 1.165) is 44.3 Å². The van der Waals surface area contributed by atoms with Crippen molar-refractivity contribution in [2.75, 3.05) is 19.6 Å². The Kier molecular flexibility index (Phi) is 4.47. The van der Waals surface area contributed by atoms with Crippen LogP contribution in [0.2, 0.25) is 0 Å². The fourth-order valence-corrected chi connectivity index (χ4v) is 4.51. The van der Waals surface area contributed by atoms with Crippen molar-refractivity contribution in [1.29, 1.82) is 0 Å². The van der Waals surface area contributed by atoms with Crippen LogP contribution < -0.4 is 0 Å². The molecule has 1 aromatic rings. The average molecular weight is 360 g/mol. The quantitative estimate of drug-likeness (QED) is 0.896. The molecular formula is C20H25FN2O3. The van der Waals surface area contributed by atoms with E-state index in [1.165, 1.54) is 6.07 Å². The number of likely N-dealkylation sites (tertiary alicyclic amines) is 2. The van der Waals surface area contributed by atoms with Crippen molar-refractivity contribution in [2.45, 2.75) is 44.7 Å². The van der Waals surface area contributed by atoms with Crippen molar-refractivity contribution in [3.8, 4) is 0 Å². The first-order valence-electron chi connectivity index (χ1n) is 9.46. The number of carboxylic acids is 1. The van der Waals surface area contributed by atoms with Crippen molar-refractivity contribution in [3.05, 3.63) is 35.6 Å². The van der Waals surface area contributed by atoms with Crippen LogP contribution >= 0.6 is 0 Å². The fourth-order valence-electron chi connectivity index (χ4n) is 4.51. The molecule has 1 N–H and O–H groups in total. The summed E-state index contributed by atoms with van der Waals surface area (Å²) in [6.45, 7) is 3.00. The van der Waals surface area contributed by atoms with Gasteiger partial charge in [0.25, 0.3) is 0 Å². The molecule has 1 saturated carbocycles. The second-order valence-electron chi connectivity index (χ2n) is 8.20. The Hall–Kier alpha value is -1.95. The summed E-state index contributed by atoms with van der Waals surface area (Å²) in [5.74, 6) is -1.00. The Morgan fingerprint density at radius 1 is 1.23 bits per heavy atom. The largest absolute Gasteiger partial charge is 0.480 e. The summed E-state index contributed by atoms with van der Waals surface area (Å²) in [5.41, 5.74) is 0.882. The topological polar surface area (TPSA) is 60.9 Å². The zero-order valence-corrected chi connectivity index (χ0v) is 14.9. The molecule has 0 aromatic heterocycles. The van der Waals surface area contributed by atoms with Gasteiger partial charge < -0.3 is 10.0 Å². The highest BCUT2D eigenvalue weighted by atomic mass is 19.1. The van der Waals surface area contributed by atoms with Crippen LogP contribution in [0.1, 0.15) is 37.7 Å². The second-order valence-corrected chi connectivity index (χ2v) is 8.20. The lowest BCUT2D eigenvalue weighted by Gasteiger charge is -2.39. The fraction of sp³-hybridized carbons (Fsp3) is 0.600. The van der Waals surface area contributed by atoms with Crippen LogP contribution in [-0.2, 0) is 16.1 Å². The number of amides is 1. The van der Waals surface area contributed by atoms with Crippen molar-refractivity contribution in [2.24, 2.45) is 11.3 Å². The molecule has 1 atom stereocenters.